The second-order valence-corrected chi connectivity index (χ2v) is 16.1. The molecule has 2 saturated heterocycles. The van der Waals surface area contributed by atoms with Crippen molar-refractivity contribution in [3.05, 3.63) is 60.7 Å². The van der Waals surface area contributed by atoms with E-state index in [2.05, 4.69) is 33.0 Å². The van der Waals surface area contributed by atoms with Crippen LogP contribution < -0.4 is 10.1 Å². The highest BCUT2D eigenvalue weighted by atomic mass is 16.7. The van der Waals surface area contributed by atoms with Gasteiger partial charge in [0, 0.05) is 29.4 Å². The summed E-state index contributed by atoms with van der Waals surface area (Å²) in [6, 6.07) is 19.4. The molecule has 1 unspecified atom stereocenters. The lowest BCUT2D eigenvalue weighted by Crippen LogP contribution is -2.65. The van der Waals surface area contributed by atoms with Gasteiger partial charge in [0.15, 0.2) is 0 Å². The molecule has 4 saturated carbocycles. The Bertz CT molecular complexity index is 1710. The van der Waals surface area contributed by atoms with Crippen molar-refractivity contribution < 1.29 is 23.6 Å². The molecular weight excluding hydrogens is 613 g/mol. The van der Waals surface area contributed by atoms with Gasteiger partial charge in [0.2, 0.25) is 11.8 Å². The van der Waals surface area contributed by atoms with Crippen LogP contribution in [0.15, 0.2) is 60.7 Å². The SMILES string of the molecule is CC[C@H](NC(=O)[C@@H]1C[C@@H](Oc2cc(-c3ccccc3)nc3ccccc23)CN1C(=O)C1CCCCC1)B1OC2C[C@@H]3C[C@@H](C3(C)C)[C@]2(C)O1. The van der Waals surface area contributed by atoms with Crippen LogP contribution in [-0.4, -0.2) is 65.2 Å². The maximum absolute atomic E-state index is 14.3. The number of amides is 2. The number of hydrogen-bond acceptors (Lipinski definition) is 6. The van der Waals surface area contributed by atoms with Crippen LogP contribution in [0.3, 0.4) is 0 Å². The first-order chi connectivity index (χ1) is 23.7. The second-order valence-electron chi connectivity index (χ2n) is 16.1. The van der Waals surface area contributed by atoms with Crippen molar-refractivity contribution in [1.82, 2.24) is 15.2 Å². The van der Waals surface area contributed by atoms with Crippen molar-refractivity contribution in [3.63, 3.8) is 0 Å². The van der Waals surface area contributed by atoms with Gasteiger partial charge in [0.05, 0.1) is 35.4 Å². The van der Waals surface area contributed by atoms with Gasteiger partial charge in [-0.3, -0.25) is 9.59 Å². The Morgan fingerprint density at radius 2 is 1.78 bits per heavy atom. The molecular formula is C40H50BN3O5. The number of aromatic nitrogens is 1. The fraction of sp³-hybridized carbons (Fsp3) is 0.575. The normalized spacial score (nSPS) is 31.2. The van der Waals surface area contributed by atoms with E-state index in [1.165, 1.54) is 6.42 Å². The number of carbonyl (C=O) groups is 2. The van der Waals surface area contributed by atoms with Crippen molar-refractivity contribution in [2.24, 2.45) is 23.2 Å². The minimum atomic E-state index is -0.624. The molecule has 7 atom stereocenters. The standard InChI is InChI=1S/C40H50BN3O5/c1-5-36(41-48-35-21-27-20-34(39(27,2)3)40(35,4)49-41)43-37(45)32-22-28(24-44(32)38(46)26-16-10-7-11-17-26)47-33-23-31(25-14-8-6-9-15-25)42-30-19-13-12-18-29(30)33/h6,8-9,12-15,18-19,23,26-28,32,34-36H,5,7,10-11,16-17,20-22,24H2,1-4H3,(H,43,45)/t27-,28+,32-,34-,35?,36-,40-/m0/s1. The molecule has 4 aliphatic carbocycles. The van der Waals surface area contributed by atoms with E-state index >= 15 is 0 Å². The lowest BCUT2D eigenvalue weighted by Gasteiger charge is -2.64. The minimum Gasteiger partial charge on any atom is -0.488 e. The van der Waals surface area contributed by atoms with Crippen LogP contribution in [0.25, 0.3) is 22.2 Å². The number of carbonyl (C=O) groups excluding carboxylic acids is 2. The Kier molecular flexibility index (Phi) is 8.50. The molecule has 258 valence electrons. The lowest BCUT2D eigenvalue weighted by molar-refractivity contribution is -0.199. The van der Waals surface area contributed by atoms with E-state index in [-0.39, 0.29) is 46.9 Å². The van der Waals surface area contributed by atoms with Gasteiger partial charge in [-0.05, 0) is 68.4 Å². The summed E-state index contributed by atoms with van der Waals surface area (Å²) >= 11 is 0. The third kappa shape index (κ3) is 5.75. The average molecular weight is 664 g/mol. The number of ether oxygens (including phenoxy) is 1. The fourth-order valence-corrected chi connectivity index (χ4v) is 9.85. The molecule has 9 rings (SSSR count). The number of hydrogen-bond donors (Lipinski definition) is 1. The quantitative estimate of drug-likeness (QED) is 0.262. The molecule has 2 bridgehead atoms. The van der Waals surface area contributed by atoms with Crippen LogP contribution in [0, 0.1) is 23.2 Å². The van der Waals surface area contributed by atoms with Crippen LogP contribution >= 0.6 is 0 Å². The first-order valence-corrected chi connectivity index (χ1v) is 18.7. The third-order valence-electron chi connectivity index (χ3n) is 12.9. The van der Waals surface area contributed by atoms with Gasteiger partial charge >= 0.3 is 7.12 Å². The molecule has 9 heteroatoms. The zero-order valence-electron chi connectivity index (χ0n) is 29.4. The van der Waals surface area contributed by atoms with Crippen LogP contribution in [0.1, 0.15) is 85.5 Å². The summed E-state index contributed by atoms with van der Waals surface area (Å²) in [5.41, 5.74) is 2.58. The largest absolute Gasteiger partial charge is 0.488 e. The zero-order chi connectivity index (χ0) is 33.9. The Balaban J connectivity index is 1.03. The molecule has 0 radical (unpaired) electrons. The monoisotopic (exact) mass is 663 g/mol. The molecule has 1 aromatic heterocycles. The van der Waals surface area contributed by atoms with Gasteiger partial charge in [0.25, 0.3) is 0 Å². The first kappa shape index (κ1) is 32.8. The minimum absolute atomic E-state index is 0.0457. The number of fused-ring (bicyclic) bond motifs is 1. The van der Waals surface area contributed by atoms with E-state index < -0.39 is 13.2 Å². The smallest absolute Gasteiger partial charge is 0.481 e. The van der Waals surface area contributed by atoms with Gasteiger partial charge < -0.3 is 24.3 Å². The molecule has 2 amide bonds. The summed E-state index contributed by atoms with van der Waals surface area (Å²) in [6.07, 6.45) is 8.01. The molecule has 2 aromatic carbocycles. The van der Waals surface area contributed by atoms with E-state index in [4.69, 9.17) is 19.0 Å². The molecule has 8 nitrogen and oxygen atoms in total. The maximum Gasteiger partial charge on any atom is 0.481 e. The summed E-state index contributed by atoms with van der Waals surface area (Å²) in [7, 11) is -0.505. The summed E-state index contributed by atoms with van der Waals surface area (Å²) in [4.78, 5) is 35.2. The van der Waals surface area contributed by atoms with Crippen LogP contribution in [0.5, 0.6) is 5.75 Å². The van der Waals surface area contributed by atoms with E-state index in [1.807, 2.05) is 65.6 Å². The van der Waals surface area contributed by atoms with Gasteiger partial charge in [0.1, 0.15) is 17.9 Å². The van der Waals surface area contributed by atoms with Gasteiger partial charge in [-0.1, -0.05) is 82.5 Å². The number of nitrogens with one attached hydrogen (secondary N) is 1. The predicted octanol–water partition coefficient (Wildman–Crippen LogP) is 6.99. The molecule has 49 heavy (non-hydrogen) atoms. The number of likely N-dealkylation sites (tertiary alicyclic amines) is 1. The number of benzene rings is 2. The van der Waals surface area contributed by atoms with E-state index in [0.29, 0.717) is 31.2 Å². The molecule has 3 heterocycles. The Labute approximate surface area is 290 Å². The highest BCUT2D eigenvalue weighted by Crippen LogP contribution is 2.65. The summed E-state index contributed by atoms with van der Waals surface area (Å²) in [5.74, 6) is 1.40. The molecule has 3 aromatic rings. The predicted molar refractivity (Wildman–Crippen MR) is 191 cm³/mol. The van der Waals surface area contributed by atoms with Crippen LogP contribution in [0.2, 0.25) is 0 Å². The molecule has 0 spiro atoms. The Hall–Kier alpha value is -3.43. The van der Waals surface area contributed by atoms with E-state index in [1.54, 1.807) is 0 Å². The van der Waals surface area contributed by atoms with Gasteiger partial charge in [-0.15, -0.1) is 0 Å². The maximum atomic E-state index is 14.3. The summed E-state index contributed by atoms with van der Waals surface area (Å²) in [5, 5.41) is 4.23. The van der Waals surface area contributed by atoms with Crippen molar-refractivity contribution in [1.29, 1.82) is 0 Å². The second kappa shape index (κ2) is 12.7. The number of rotatable bonds is 8. The lowest BCUT2D eigenvalue weighted by atomic mass is 9.43. The van der Waals surface area contributed by atoms with Gasteiger partial charge in [-0.25, -0.2) is 4.98 Å². The number of para-hydroxylation sites is 1. The summed E-state index contributed by atoms with van der Waals surface area (Å²) in [6.45, 7) is 9.36. The number of nitrogens with zero attached hydrogens (tertiary/aromatic N) is 2. The molecule has 6 fully saturated rings. The van der Waals surface area contributed by atoms with Gasteiger partial charge in [-0.2, -0.15) is 0 Å². The van der Waals surface area contributed by atoms with Crippen molar-refractivity contribution >= 4 is 29.8 Å². The van der Waals surface area contributed by atoms with E-state index in [9.17, 15) is 9.59 Å². The fourth-order valence-electron chi connectivity index (χ4n) is 9.85. The summed E-state index contributed by atoms with van der Waals surface area (Å²) < 4.78 is 20.1. The topological polar surface area (TPSA) is 90.0 Å². The van der Waals surface area contributed by atoms with Crippen LogP contribution in [0.4, 0.5) is 0 Å². The van der Waals surface area contributed by atoms with Crippen molar-refractivity contribution in [3.8, 4) is 17.0 Å². The molecule has 1 N–H and O–H groups in total. The Morgan fingerprint density at radius 3 is 2.53 bits per heavy atom. The highest BCUT2D eigenvalue weighted by molar-refractivity contribution is 6.47. The highest BCUT2D eigenvalue weighted by Gasteiger charge is 2.68. The van der Waals surface area contributed by atoms with E-state index in [0.717, 1.165) is 66.4 Å². The van der Waals surface area contributed by atoms with Crippen molar-refractivity contribution in [2.45, 2.75) is 115 Å². The molecule has 2 aliphatic heterocycles. The first-order valence-electron chi connectivity index (χ1n) is 18.7. The Morgan fingerprint density at radius 1 is 1.02 bits per heavy atom. The average Bonchev–Trinajstić information content (AvgIpc) is 3.71. The van der Waals surface area contributed by atoms with Crippen molar-refractivity contribution in [2.75, 3.05) is 6.54 Å². The molecule has 6 aliphatic rings. The third-order valence-corrected chi connectivity index (χ3v) is 12.9. The number of pyridine rings is 1. The van der Waals surface area contributed by atoms with Crippen LogP contribution in [-0.2, 0) is 18.9 Å². The zero-order valence-corrected chi connectivity index (χ0v) is 29.4.